The molecular formula is C23H21NO3. The number of allylic oxidation sites excluding steroid dienone is 3. The van der Waals surface area contributed by atoms with Crippen molar-refractivity contribution in [2.24, 2.45) is 0 Å². The van der Waals surface area contributed by atoms with Gasteiger partial charge in [-0.3, -0.25) is 9.59 Å². The van der Waals surface area contributed by atoms with E-state index in [1.807, 2.05) is 43.3 Å². The number of hydrogen-bond acceptors (Lipinski definition) is 3. The SMILES string of the molecule is CC(/C=C/C(O)=C1C(=O)CN(C)C1=O)=C\c1ccc(-c2ccccc2)cc1. The van der Waals surface area contributed by atoms with Gasteiger partial charge in [0.05, 0.1) is 6.54 Å². The van der Waals surface area contributed by atoms with Crippen LogP contribution >= 0.6 is 0 Å². The summed E-state index contributed by atoms with van der Waals surface area (Å²) in [7, 11) is 1.54. The number of rotatable bonds is 4. The minimum atomic E-state index is -0.444. The van der Waals surface area contributed by atoms with E-state index in [2.05, 4.69) is 24.3 Å². The molecule has 1 fully saturated rings. The second-order valence-corrected chi connectivity index (χ2v) is 6.55. The summed E-state index contributed by atoms with van der Waals surface area (Å²) < 4.78 is 0. The van der Waals surface area contributed by atoms with Crippen LogP contribution in [0.2, 0.25) is 0 Å². The standard InChI is InChI=1S/C23H21NO3/c1-16(8-13-20(25)22-21(26)15-24(2)23(22)27)14-17-9-11-19(12-10-17)18-6-4-3-5-7-18/h3-14,25H,15H2,1-2H3/b13-8+,16-14+,22-20?. The summed E-state index contributed by atoms with van der Waals surface area (Å²) in [4.78, 5) is 25.0. The van der Waals surface area contributed by atoms with Crippen molar-refractivity contribution in [2.45, 2.75) is 6.92 Å². The number of likely N-dealkylation sites (N-methyl/N-ethyl adjacent to an activating group) is 1. The van der Waals surface area contributed by atoms with Gasteiger partial charge in [0.25, 0.3) is 5.91 Å². The summed E-state index contributed by atoms with van der Waals surface area (Å²) in [6.45, 7) is 1.90. The van der Waals surface area contributed by atoms with Crippen LogP contribution < -0.4 is 0 Å². The average Bonchev–Trinajstić information content (AvgIpc) is 2.93. The molecule has 1 saturated heterocycles. The molecule has 1 heterocycles. The Morgan fingerprint density at radius 1 is 0.963 bits per heavy atom. The van der Waals surface area contributed by atoms with Crippen LogP contribution in [0.1, 0.15) is 12.5 Å². The largest absolute Gasteiger partial charge is 0.507 e. The van der Waals surface area contributed by atoms with E-state index < -0.39 is 5.91 Å². The van der Waals surface area contributed by atoms with Crippen LogP contribution in [0.25, 0.3) is 17.2 Å². The predicted octanol–water partition coefficient (Wildman–Crippen LogP) is 4.17. The van der Waals surface area contributed by atoms with E-state index in [1.165, 1.54) is 18.0 Å². The Labute approximate surface area is 158 Å². The first-order valence-electron chi connectivity index (χ1n) is 8.69. The molecule has 0 aromatic heterocycles. The molecule has 0 bridgehead atoms. The number of likely N-dealkylation sites (tertiary alicyclic amines) is 1. The molecule has 3 rings (SSSR count). The zero-order chi connectivity index (χ0) is 19.4. The van der Waals surface area contributed by atoms with Crippen LogP contribution in [-0.2, 0) is 9.59 Å². The van der Waals surface area contributed by atoms with Gasteiger partial charge in [0, 0.05) is 7.05 Å². The van der Waals surface area contributed by atoms with Gasteiger partial charge in [-0.05, 0) is 29.7 Å². The first-order chi connectivity index (χ1) is 13.0. The van der Waals surface area contributed by atoms with Crippen LogP contribution in [0.4, 0.5) is 0 Å². The Hall–Kier alpha value is -3.40. The van der Waals surface area contributed by atoms with Gasteiger partial charge in [-0.15, -0.1) is 0 Å². The maximum atomic E-state index is 11.9. The summed E-state index contributed by atoms with van der Waals surface area (Å²) in [5.74, 6) is -1.09. The molecule has 2 aromatic rings. The Bertz CT molecular complexity index is 951. The molecule has 0 radical (unpaired) electrons. The summed E-state index contributed by atoms with van der Waals surface area (Å²) >= 11 is 0. The van der Waals surface area contributed by atoms with Crippen molar-refractivity contribution in [1.82, 2.24) is 4.90 Å². The molecule has 0 aliphatic carbocycles. The van der Waals surface area contributed by atoms with Crippen LogP contribution in [0.5, 0.6) is 0 Å². The van der Waals surface area contributed by atoms with Gasteiger partial charge in [0.1, 0.15) is 11.3 Å². The number of Topliss-reactive ketones (excluding diaryl/α,β-unsaturated/α-hetero) is 1. The lowest BCUT2D eigenvalue weighted by Crippen LogP contribution is -2.19. The van der Waals surface area contributed by atoms with Crippen LogP contribution in [-0.4, -0.2) is 35.3 Å². The molecule has 4 heteroatoms. The fourth-order valence-electron chi connectivity index (χ4n) is 2.94. The second kappa shape index (κ2) is 7.87. The number of amides is 1. The molecule has 2 aromatic carbocycles. The van der Waals surface area contributed by atoms with Gasteiger partial charge in [0.2, 0.25) is 0 Å². The molecular weight excluding hydrogens is 338 g/mol. The molecule has 0 unspecified atom stereocenters. The first kappa shape index (κ1) is 18.4. The molecule has 1 N–H and O–H groups in total. The number of ketones is 1. The maximum absolute atomic E-state index is 11.9. The number of carbonyl (C=O) groups is 2. The van der Waals surface area contributed by atoms with E-state index in [0.29, 0.717) is 0 Å². The number of benzene rings is 2. The van der Waals surface area contributed by atoms with Crippen molar-refractivity contribution < 1.29 is 14.7 Å². The molecule has 0 saturated carbocycles. The quantitative estimate of drug-likeness (QED) is 0.386. The smallest absolute Gasteiger partial charge is 0.261 e. The zero-order valence-electron chi connectivity index (χ0n) is 15.3. The lowest BCUT2D eigenvalue weighted by Gasteiger charge is -2.03. The van der Waals surface area contributed by atoms with Gasteiger partial charge < -0.3 is 10.0 Å². The topological polar surface area (TPSA) is 57.6 Å². The minimum absolute atomic E-state index is 0.00858. The highest BCUT2D eigenvalue weighted by molar-refractivity contribution is 6.25. The van der Waals surface area contributed by atoms with E-state index in [0.717, 1.165) is 22.3 Å². The molecule has 4 nitrogen and oxygen atoms in total. The molecule has 1 aliphatic heterocycles. The fraction of sp³-hybridized carbons (Fsp3) is 0.130. The van der Waals surface area contributed by atoms with Crippen LogP contribution in [0.15, 0.2) is 83.7 Å². The van der Waals surface area contributed by atoms with Gasteiger partial charge in [-0.2, -0.15) is 0 Å². The van der Waals surface area contributed by atoms with Crippen molar-refractivity contribution in [2.75, 3.05) is 13.6 Å². The van der Waals surface area contributed by atoms with Crippen LogP contribution in [0, 0.1) is 0 Å². The number of aliphatic hydroxyl groups is 1. The zero-order valence-corrected chi connectivity index (χ0v) is 15.3. The van der Waals surface area contributed by atoms with E-state index in [4.69, 9.17) is 0 Å². The number of nitrogens with zero attached hydrogens (tertiary/aromatic N) is 1. The number of aliphatic hydroxyl groups excluding tert-OH is 1. The third-order valence-electron chi connectivity index (χ3n) is 4.39. The predicted molar refractivity (Wildman–Crippen MR) is 107 cm³/mol. The Morgan fingerprint density at radius 2 is 1.59 bits per heavy atom. The molecule has 1 amide bonds. The highest BCUT2D eigenvalue weighted by atomic mass is 16.3. The summed E-state index contributed by atoms with van der Waals surface area (Å²) in [6, 6.07) is 18.3. The Morgan fingerprint density at radius 3 is 2.19 bits per heavy atom. The second-order valence-electron chi connectivity index (χ2n) is 6.55. The van der Waals surface area contributed by atoms with Crippen molar-refractivity contribution in [1.29, 1.82) is 0 Å². The van der Waals surface area contributed by atoms with Crippen molar-refractivity contribution in [3.05, 3.63) is 89.2 Å². The highest BCUT2D eigenvalue weighted by Gasteiger charge is 2.33. The van der Waals surface area contributed by atoms with Gasteiger partial charge in [-0.25, -0.2) is 0 Å². The average molecular weight is 359 g/mol. The Kier molecular flexibility index (Phi) is 5.36. The third kappa shape index (κ3) is 4.23. The van der Waals surface area contributed by atoms with E-state index in [9.17, 15) is 14.7 Å². The highest BCUT2D eigenvalue weighted by Crippen LogP contribution is 2.21. The summed E-state index contributed by atoms with van der Waals surface area (Å²) in [5.41, 5.74) is 4.08. The minimum Gasteiger partial charge on any atom is -0.507 e. The number of carbonyl (C=O) groups excluding carboxylic acids is 2. The normalized spacial score (nSPS) is 17.1. The molecule has 27 heavy (non-hydrogen) atoms. The summed E-state index contributed by atoms with van der Waals surface area (Å²) in [5, 5.41) is 10.1. The van der Waals surface area contributed by atoms with Gasteiger partial charge >= 0.3 is 0 Å². The fourth-order valence-corrected chi connectivity index (χ4v) is 2.94. The molecule has 0 atom stereocenters. The third-order valence-corrected chi connectivity index (χ3v) is 4.39. The molecule has 0 spiro atoms. The maximum Gasteiger partial charge on any atom is 0.261 e. The molecule has 1 aliphatic rings. The van der Waals surface area contributed by atoms with Gasteiger partial charge in [0.15, 0.2) is 5.78 Å². The lowest BCUT2D eigenvalue weighted by atomic mass is 10.0. The molecule has 136 valence electrons. The van der Waals surface area contributed by atoms with Crippen molar-refractivity contribution in [3.8, 4) is 11.1 Å². The Balaban J connectivity index is 1.75. The van der Waals surface area contributed by atoms with E-state index in [1.54, 1.807) is 6.08 Å². The van der Waals surface area contributed by atoms with E-state index >= 15 is 0 Å². The van der Waals surface area contributed by atoms with Crippen LogP contribution in [0.3, 0.4) is 0 Å². The first-order valence-corrected chi connectivity index (χ1v) is 8.69. The van der Waals surface area contributed by atoms with Crippen molar-refractivity contribution >= 4 is 17.8 Å². The lowest BCUT2D eigenvalue weighted by molar-refractivity contribution is -0.123. The monoisotopic (exact) mass is 359 g/mol. The van der Waals surface area contributed by atoms with Crippen molar-refractivity contribution in [3.63, 3.8) is 0 Å². The van der Waals surface area contributed by atoms with E-state index in [-0.39, 0.29) is 23.7 Å². The number of hydrogen-bond donors (Lipinski definition) is 1. The summed E-state index contributed by atoms with van der Waals surface area (Å²) in [6.07, 6.45) is 5.05. The van der Waals surface area contributed by atoms with Gasteiger partial charge in [-0.1, -0.05) is 72.3 Å².